The van der Waals surface area contributed by atoms with Crippen molar-refractivity contribution in [1.82, 2.24) is 0 Å². The molecule has 1 rings (SSSR count). The summed E-state index contributed by atoms with van der Waals surface area (Å²) in [6.07, 6.45) is 1.11. The first-order chi connectivity index (χ1) is 35.2. The molecule has 0 bridgehead atoms. The normalized spacial score (nSPS) is 12.1. The van der Waals surface area contributed by atoms with E-state index < -0.39 is 0 Å². The highest BCUT2D eigenvalue weighted by Crippen LogP contribution is 2.36. The second kappa shape index (κ2) is 52.7. The molecule has 72 heavy (non-hydrogen) atoms. The van der Waals surface area contributed by atoms with E-state index in [1.807, 2.05) is 12.1 Å². The minimum Gasteiger partial charge on any atom is -0.491 e. The van der Waals surface area contributed by atoms with Gasteiger partial charge in [0, 0.05) is 0 Å². The second-order valence-electron chi connectivity index (χ2n) is 17.7. The van der Waals surface area contributed by atoms with Crippen LogP contribution in [0.2, 0.25) is 0 Å². The van der Waals surface area contributed by atoms with Crippen molar-refractivity contribution in [3.8, 4) is 5.75 Å². The Morgan fingerprint density at radius 3 is 0.625 bits per heavy atom. The van der Waals surface area contributed by atoms with Crippen molar-refractivity contribution in [1.29, 1.82) is 0 Å². The van der Waals surface area contributed by atoms with E-state index >= 15 is 0 Å². The number of aliphatic hydroxyl groups excluding tert-OH is 1. The lowest BCUT2D eigenvalue weighted by Crippen LogP contribution is -2.24. The molecule has 0 amide bonds. The maximum absolute atomic E-state index is 8.61. The van der Waals surface area contributed by atoms with Crippen LogP contribution >= 0.6 is 0 Å². The highest BCUT2D eigenvalue weighted by Gasteiger charge is 2.27. The van der Waals surface area contributed by atoms with Gasteiger partial charge in [-0.05, 0) is 34.9 Å². The second-order valence-corrected chi connectivity index (χ2v) is 17.7. The van der Waals surface area contributed by atoms with Crippen LogP contribution < -0.4 is 4.74 Å². The third-order valence-corrected chi connectivity index (χ3v) is 9.66. The minimum absolute atomic E-state index is 0.0197. The van der Waals surface area contributed by atoms with Gasteiger partial charge in [0.2, 0.25) is 0 Å². The summed E-state index contributed by atoms with van der Waals surface area (Å²) in [6.45, 7) is 29.6. The van der Waals surface area contributed by atoms with E-state index in [0.29, 0.717) is 244 Å². The molecule has 1 aromatic rings. The van der Waals surface area contributed by atoms with Crippen LogP contribution in [0.5, 0.6) is 5.75 Å². The lowest BCUT2D eigenvalue weighted by Gasteiger charge is -2.33. The lowest BCUT2D eigenvalue weighted by molar-refractivity contribution is -0.0311. The van der Waals surface area contributed by atoms with Gasteiger partial charge in [0.05, 0.1) is 244 Å². The molecule has 0 saturated heterocycles. The van der Waals surface area contributed by atoms with Crippen LogP contribution in [-0.4, -0.2) is 256 Å². The van der Waals surface area contributed by atoms with Crippen molar-refractivity contribution < 1.29 is 95.1 Å². The van der Waals surface area contributed by atoms with Crippen LogP contribution in [0.15, 0.2) is 24.3 Å². The molecule has 0 aliphatic rings. The molecule has 0 heterocycles. The molecular formula is C52H98O20. The SMILES string of the molecule is CC(C)(C)CC(C)(C)c1ccc(OCCOCCOCCOCCOCCOCCOCCOCCOCCOCCOCCOCCOCCOCCOCCOCCOCCOCCOCCO)cc1. The number of benzene rings is 1. The first kappa shape index (κ1) is 68.3. The molecule has 0 fully saturated rings. The molecular weight excluding hydrogens is 945 g/mol. The van der Waals surface area contributed by atoms with Gasteiger partial charge in [0.1, 0.15) is 12.4 Å². The third-order valence-electron chi connectivity index (χ3n) is 9.66. The van der Waals surface area contributed by atoms with E-state index in [1.54, 1.807) is 0 Å². The predicted molar refractivity (Wildman–Crippen MR) is 271 cm³/mol. The van der Waals surface area contributed by atoms with Crippen molar-refractivity contribution in [2.75, 3.05) is 251 Å². The number of ether oxygens (including phenoxy) is 19. The Balaban J connectivity index is 1.64. The molecule has 1 N–H and O–H groups in total. The van der Waals surface area contributed by atoms with Gasteiger partial charge in [-0.25, -0.2) is 0 Å². The molecule has 426 valence electrons. The summed E-state index contributed by atoms with van der Waals surface area (Å²) in [5.74, 6) is 0.856. The van der Waals surface area contributed by atoms with Gasteiger partial charge in [0.15, 0.2) is 0 Å². The Labute approximate surface area is 432 Å². The highest BCUT2D eigenvalue weighted by atomic mass is 16.6. The summed E-state index contributed by atoms with van der Waals surface area (Å²) in [6, 6.07) is 8.41. The van der Waals surface area contributed by atoms with Gasteiger partial charge in [0.25, 0.3) is 0 Å². The van der Waals surface area contributed by atoms with Crippen molar-refractivity contribution in [2.24, 2.45) is 5.41 Å². The summed E-state index contributed by atoms with van der Waals surface area (Å²) >= 11 is 0. The zero-order valence-electron chi connectivity index (χ0n) is 45.1. The van der Waals surface area contributed by atoms with Crippen molar-refractivity contribution in [3.63, 3.8) is 0 Å². The maximum atomic E-state index is 8.61. The van der Waals surface area contributed by atoms with Crippen LogP contribution in [0.25, 0.3) is 0 Å². The van der Waals surface area contributed by atoms with E-state index in [-0.39, 0.29) is 17.4 Å². The molecule has 1 aromatic carbocycles. The average Bonchev–Trinajstić information content (AvgIpc) is 3.35. The number of aliphatic hydroxyl groups is 1. The molecule has 0 aliphatic heterocycles. The van der Waals surface area contributed by atoms with Crippen molar-refractivity contribution in [2.45, 2.75) is 46.5 Å². The molecule has 0 aliphatic carbocycles. The summed E-state index contributed by atoms with van der Waals surface area (Å²) in [5.41, 5.74) is 1.71. The van der Waals surface area contributed by atoms with Crippen LogP contribution in [0.1, 0.15) is 46.6 Å². The Morgan fingerprint density at radius 1 is 0.264 bits per heavy atom. The van der Waals surface area contributed by atoms with Crippen LogP contribution in [0, 0.1) is 5.41 Å². The van der Waals surface area contributed by atoms with E-state index in [1.165, 1.54) is 5.56 Å². The van der Waals surface area contributed by atoms with Crippen LogP contribution in [-0.2, 0) is 90.7 Å². The molecule has 20 nitrogen and oxygen atoms in total. The topological polar surface area (TPSA) is 196 Å². The average molecular weight is 1040 g/mol. The number of hydrogen-bond acceptors (Lipinski definition) is 20. The lowest BCUT2D eigenvalue weighted by atomic mass is 9.72. The molecule has 0 unspecified atom stereocenters. The first-order valence-corrected chi connectivity index (χ1v) is 26.0. The van der Waals surface area contributed by atoms with E-state index in [4.69, 9.17) is 95.1 Å². The monoisotopic (exact) mass is 1040 g/mol. The van der Waals surface area contributed by atoms with Gasteiger partial charge in [-0.1, -0.05) is 46.8 Å². The van der Waals surface area contributed by atoms with Crippen molar-refractivity contribution in [3.05, 3.63) is 29.8 Å². The van der Waals surface area contributed by atoms with Gasteiger partial charge in [-0.15, -0.1) is 0 Å². The third kappa shape index (κ3) is 50.4. The zero-order valence-corrected chi connectivity index (χ0v) is 45.1. The molecule has 0 saturated carbocycles. The minimum atomic E-state index is 0.0197. The Morgan fingerprint density at radius 2 is 0.444 bits per heavy atom. The molecule has 20 heteroatoms. The van der Waals surface area contributed by atoms with Gasteiger partial charge < -0.3 is 95.1 Å². The Hall–Kier alpha value is -1.74. The molecule has 0 radical (unpaired) electrons. The predicted octanol–water partition coefficient (Wildman–Crippen LogP) is 4.07. The van der Waals surface area contributed by atoms with E-state index in [0.717, 1.165) is 12.2 Å². The summed E-state index contributed by atoms with van der Waals surface area (Å²) < 4.78 is 105. The zero-order chi connectivity index (χ0) is 52.0. The Bertz CT molecular complexity index is 1210. The summed E-state index contributed by atoms with van der Waals surface area (Å²) in [5, 5.41) is 8.61. The molecule has 0 atom stereocenters. The fourth-order valence-corrected chi connectivity index (χ4v) is 6.55. The smallest absolute Gasteiger partial charge is 0.119 e. The molecule has 0 aromatic heterocycles. The summed E-state index contributed by atoms with van der Waals surface area (Å²) in [7, 11) is 0. The van der Waals surface area contributed by atoms with Crippen LogP contribution in [0.4, 0.5) is 0 Å². The van der Waals surface area contributed by atoms with Gasteiger partial charge in [-0.2, -0.15) is 0 Å². The summed E-state index contributed by atoms with van der Waals surface area (Å²) in [4.78, 5) is 0. The fourth-order valence-electron chi connectivity index (χ4n) is 6.55. The van der Waals surface area contributed by atoms with E-state index in [9.17, 15) is 0 Å². The first-order valence-electron chi connectivity index (χ1n) is 26.0. The van der Waals surface area contributed by atoms with Gasteiger partial charge >= 0.3 is 0 Å². The quantitative estimate of drug-likeness (QED) is 0.0917. The fraction of sp³-hybridized carbons (Fsp3) is 0.885. The van der Waals surface area contributed by atoms with Gasteiger partial charge in [-0.3, -0.25) is 0 Å². The maximum Gasteiger partial charge on any atom is 0.119 e. The largest absolute Gasteiger partial charge is 0.491 e. The highest BCUT2D eigenvalue weighted by molar-refractivity contribution is 5.31. The Kier molecular flexibility index (Phi) is 50.0. The van der Waals surface area contributed by atoms with Crippen molar-refractivity contribution >= 4 is 0 Å². The molecule has 0 spiro atoms. The number of rotatable bonds is 59. The van der Waals surface area contributed by atoms with Crippen LogP contribution in [0.3, 0.4) is 0 Å². The van der Waals surface area contributed by atoms with E-state index in [2.05, 4.69) is 46.8 Å². The standard InChI is InChI=1S/C52H98O20/c1-51(2,3)48-52(4,5)49-6-8-50(9-7-49)72-47-46-71-45-44-70-43-42-69-41-40-68-39-38-67-37-36-66-35-34-65-33-32-64-31-30-63-29-28-62-27-26-61-25-24-60-23-22-59-21-20-58-19-18-57-17-16-56-15-14-55-13-12-54-11-10-53/h6-9,53H,10-48H2,1-5H3. The number of hydrogen-bond donors (Lipinski definition) is 1.